The molecule has 5 nitrogen and oxygen atoms in total. The number of hydrogen-bond donors (Lipinski definition) is 1. The predicted molar refractivity (Wildman–Crippen MR) is 80.1 cm³/mol. The number of anilines is 1. The van der Waals surface area contributed by atoms with Gasteiger partial charge in [-0.3, -0.25) is 4.98 Å². The first kappa shape index (κ1) is 16.9. The molecule has 114 valence electrons. The molecule has 1 aromatic rings. The van der Waals surface area contributed by atoms with Crippen LogP contribution in [0.1, 0.15) is 32.6 Å². The van der Waals surface area contributed by atoms with Crippen LogP contribution in [-0.2, 0) is 9.47 Å². The second kappa shape index (κ2) is 9.69. The van der Waals surface area contributed by atoms with E-state index in [0.717, 1.165) is 32.0 Å². The molecule has 20 heavy (non-hydrogen) atoms. The van der Waals surface area contributed by atoms with Crippen molar-refractivity contribution in [1.82, 2.24) is 4.98 Å². The van der Waals surface area contributed by atoms with Gasteiger partial charge in [-0.1, -0.05) is 0 Å². The predicted octanol–water partition coefficient (Wildman–Crippen LogP) is 2.01. The normalized spacial score (nSPS) is 12.4. The standard InChI is InChI=1S/C15H26N2O3/c1-4-19-10-8-17(9-11-20-5-2)14-6-7-15(13(3)18)16-12-14/h6-7,12-13,18H,4-5,8-11H2,1-3H3. The molecule has 0 aliphatic rings. The van der Waals surface area contributed by atoms with Gasteiger partial charge < -0.3 is 19.5 Å². The van der Waals surface area contributed by atoms with Crippen LogP contribution in [-0.4, -0.2) is 49.6 Å². The van der Waals surface area contributed by atoms with E-state index in [2.05, 4.69) is 9.88 Å². The van der Waals surface area contributed by atoms with Crippen LogP contribution in [0.2, 0.25) is 0 Å². The zero-order chi connectivity index (χ0) is 14.8. The molecule has 0 amide bonds. The van der Waals surface area contributed by atoms with Gasteiger partial charge in [-0.05, 0) is 32.9 Å². The summed E-state index contributed by atoms with van der Waals surface area (Å²) in [6, 6.07) is 3.83. The van der Waals surface area contributed by atoms with Gasteiger partial charge in [0, 0.05) is 26.3 Å². The van der Waals surface area contributed by atoms with Crippen molar-refractivity contribution >= 4 is 5.69 Å². The van der Waals surface area contributed by atoms with Gasteiger partial charge in [0.1, 0.15) is 0 Å². The van der Waals surface area contributed by atoms with Crippen molar-refractivity contribution in [1.29, 1.82) is 0 Å². The van der Waals surface area contributed by atoms with Crippen molar-refractivity contribution < 1.29 is 14.6 Å². The van der Waals surface area contributed by atoms with Gasteiger partial charge in [-0.2, -0.15) is 0 Å². The largest absolute Gasteiger partial charge is 0.387 e. The third-order valence-electron chi connectivity index (χ3n) is 2.98. The minimum atomic E-state index is -0.538. The molecule has 0 aromatic carbocycles. The Morgan fingerprint density at radius 2 is 1.75 bits per heavy atom. The van der Waals surface area contributed by atoms with E-state index in [-0.39, 0.29) is 0 Å². The minimum absolute atomic E-state index is 0.538. The van der Waals surface area contributed by atoms with Crippen LogP contribution in [0.3, 0.4) is 0 Å². The highest BCUT2D eigenvalue weighted by molar-refractivity contribution is 5.44. The lowest BCUT2D eigenvalue weighted by atomic mass is 10.2. The molecule has 1 N–H and O–H groups in total. The van der Waals surface area contributed by atoms with Gasteiger partial charge in [0.05, 0.1) is 36.9 Å². The van der Waals surface area contributed by atoms with E-state index < -0.39 is 6.10 Å². The highest BCUT2D eigenvalue weighted by Gasteiger charge is 2.08. The van der Waals surface area contributed by atoms with Crippen LogP contribution in [0.25, 0.3) is 0 Å². The SMILES string of the molecule is CCOCCN(CCOCC)c1ccc(C(C)O)nc1. The molecule has 0 radical (unpaired) electrons. The van der Waals surface area contributed by atoms with Crippen molar-refractivity contribution in [2.45, 2.75) is 26.9 Å². The molecule has 1 rings (SSSR count). The summed E-state index contributed by atoms with van der Waals surface area (Å²) in [5.41, 5.74) is 1.71. The number of nitrogens with zero attached hydrogens (tertiary/aromatic N) is 2. The smallest absolute Gasteiger partial charge is 0.0931 e. The molecule has 5 heteroatoms. The highest BCUT2D eigenvalue weighted by atomic mass is 16.5. The number of aromatic nitrogens is 1. The monoisotopic (exact) mass is 282 g/mol. The molecule has 0 bridgehead atoms. The molecule has 1 atom stereocenters. The van der Waals surface area contributed by atoms with E-state index in [1.807, 2.05) is 26.0 Å². The number of hydrogen-bond acceptors (Lipinski definition) is 5. The molecule has 1 aromatic heterocycles. The average molecular weight is 282 g/mol. The van der Waals surface area contributed by atoms with E-state index in [1.165, 1.54) is 0 Å². The van der Waals surface area contributed by atoms with Crippen LogP contribution >= 0.6 is 0 Å². The Balaban J connectivity index is 2.64. The molecule has 0 aliphatic heterocycles. The molecule has 0 saturated heterocycles. The lowest BCUT2D eigenvalue weighted by Gasteiger charge is -2.24. The first-order chi connectivity index (χ1) is 9.69. The maximum absolute atomic E-state index is 9.48. The minimum Gasteiger partial charge on any atom is -0.387 e. The number of aliphatic hydroxyl groups is 1. The maximum atomic E-state index is 9.48. The summed E-state index contributed by atoms with van der Waals surface area (Å²) in [5, 5.41) is 9.48. The lowest BCUT2D eigenvalue weighted by molar-refractivity contribution is 0.141. The second-order valence-corrected chi connectivity index (χ2v) is 4.50. The molecule has 1 heterocycles. The van der Waals surface area contributed by atoms with E-state index in [1.54, 1.807) is 13.1 Å². The van der Waals surface area contributed by atoms with Crippen molar-refractivity contribution in [3.05, 3.63) is 24.0 Å². The molecule has 0 saturated carbocycles. The summed E-state index contributed by atoms with van der Waals surface area (Å²) in [5.74, 6) is 0. The third kappa shape index (κ3) is 5.86. The van der Waals surface area contributed by atoms with Gasteiger partial charge in [0.25, 0.3) is 0 Å². The number of pyridine rings is 1. The fourth-order valence-electron chi connectivity index (χ4n) is 1.84. The molecule has 0 fully saturated rings. The van der Waals surface area contributed by atoms with Crippen molar-refractivity contribution in [3.63, 3.8) is 0 Å². The topological polar surface area (TPSA) is 54.8 Å². The van der Waals surface area contributed by atoms with Gasteiger partial charge in [-0.15, -0.1) is 0 Å². The van der Waals surface area contributed by atoms with E-state index in [9.17, 15) is 5.11 Å². The molecular formula is C15H26N2O3. The zero-order valence-corrected chi connectivity index (χ0v) is 12.7. The van der Waals surface area contributed by atoms with Crippen molar-refractivity contribution in [2.24, 2.45) is 0 Å². The zero-order valence-electron chi connectivity index (χ0n) is 12.7. The summed E-state index contributed by atoms with van der Waals surface area (Å²) in [4.78, 5) is 6.47. The van der Waals surface area contributed by atoms with E-state index in [0.29, 0.717) is 18.9 Å². The van der Waals surface area contributed by atoms with E-state index >= 15 is 0 Å². The highest BCUT2D eigenvalue weighted by Crippen LogP contribution is 2.16. The van der Waals surface area contributed by atoms with Gasteiger partial charge in [0.2, 0.25) is 0 Å². The molecule has 1 unspecified atom stereocenters. The first-order valence-electron chi connectivity index (χ1n) is 7.23. The Labute approximate surface area is 121 Å². The van der Waals surface area contributed by atoms with Crippen LogP contribution in [0.4, 0.5) is 5.69 Å². The first-order valence-corrected chi connectivity index (χ1v) is 7.23. The van der Waals surface area contributed by atoms with Crippen LogP contribution in [0.15, 0.2) is 18.3 Å². The maximum Gasteiger partial charge on any atom is 0.0931 e. The van der Waals surface area contributed by atoms with Crippen molar-refractivity contribution in [2.75, 3.05) is 44.4 Å². The molecule has 0 spiro atoms. The van der Waals surface area contributed by atoms with Gasteiger partial charge in [-0.25, -0.2) is 0 Å². The number of aliphatic hydroxyl groups excluding tert-OH is 1. The lowest BCUT2D eigenvalue weighted by Crippen LogP contribution is -2.31. The third-order valence-corrected chi connectivity index (χ3v) is 2.98. The summed E-state index contributed by atoms with van der Waals surface area (Å²) in [7, 11) is 0. The van der Waals surface area contributed by atoms with Gasteiger partial charge >= 0.3 is 0 Å². The summed E-state index contributed by atoms with van der Waals surface area (Å²) in [6.07, 6.45) is 1.25. The second-order valence-electron chi connectivity index (χ2n) is 4.50. The fourth-order valence-corrected chi connectivity index (χ4v) is 1.84. The van der Waals surface area contributed by atoms with Crippen molar-refractivity contribution in [3.8, 4) is 0 Å². The Bertz CT molecular complexity index is 345. The molecule has 0 aliphatic carbocycles. The Morgan fingerprint density at radius 3 is 2.15 bits per heavy atom. The van der Waals surface area contributed by atoms with Crippen LogP contribution in [0.5, 0.6) is 0 Å². The van der Waals surface area contributed by atoms with E-state index in [4.69, 9.17) is 9.47 Å². The van der Waals surface area contributed by atoms with Crippen LogP contribution in [0, 0.1) is 0 Å². The quantitative estimate of drug-likeness (QED) is 0.665. The average Bonchev–Trinajstić information content (AvgIpc) is 2.46. The summed E-state index contributed by atoms with van der Waals surface area (Å²) < 4.78 is 10.8. The van der Waals surface area contributed by atoms with Crippen LogP contribution < -0.4 is 4.90 Å². The Hall–Kier alpha value is -1.17. The summed E-state index contributed by atoms with van der Waals surface area (Å²) in [6.45, 7) is 10.1. The van der Waals surface area contributed by atoms with Gasteiger partial charge in [0.15, 0.2) is 0 Å². The number of rotatable bonds is 10. The fraction of sp³-hybridized carbons (Fsp3) is 0.667. The molecular weight excluding hydrogens is 256 g/mol. The summed E-state index contributed by atoms with van der Waals surface area (Å²) >= 11 is 0. The Kier molecular flexibility index (Phi) is 8.18. The number of ether oxygens (including phenoxy) is 2. The Morgan fingerprint density at radius 1 is 1.15 bits per heavy atom.